The van der Waals surface area contributed by atoms with Gasteiger partial charge in [-0.1, -0.05) is 0 Å². The first-order valence-electron chi connectivity index (χ1n) is 7.58. The Balaban J connectivity index is 2.04. The number of rotatable bonds is 3. The smallest absolute Gasteiger partial charge is 0.294 e. The second-order valence-electron chi connectivity index (χ2n) is 5.43. The zero-order valence-corrected chi connectivity index (χ0v) is 12.7. The first-order valence-corrected chi connectivity index (χ1v) is 7.58. The van der Waals surface area contributed by atoms with Crippen LogP contribution in [0.3, 0.4) is 0 Å². The van der Waals surface area contributed by atoms with Gasteiger partial charge in [-0.2, -0.15) is 5.26 Å². The minimum Gasteiger partial charge on any atom is -0.378 e. The summed E-state index contributed by atoms with van der Waals surface area (Å²) in [5.74, 6) is 0. The normalized spacial score (nSPS) is 18.6. The van der Waals surface area contributed by atoms with Gasteiger partial charge < -0.3 is 19.3 Å². The van der Waals surface area contributed by atoms with Gasteiger partial charge >= 0.3 is 0 Å². The van der Waals surface area contributed by atoms with Crippen molar-refractivity contribution in [2.45, 2.75) is 0 Å². The Labute approximate surface area is 133 Å². The van der Waals surface area contributed by atoms with Crippen molar-refractivity contribution in [2.75, 3.05) is 62.4 Å². The lowest BCUT2D eigenvalue weighted by Gasteiger charge is -2.32. The van der Waals surface area contributed by atoms with Crippen LogP contribution < -0.4 is 9.80 Å². The van der Waals surface area contributed by atoms with Gasteiger partial charge in [-0.3, -0.25) is 10.1 Å². The van der Waals surface area contributed by atoms with Crippen LogP contribution in [0.2, 0.25) is 0 Å². The molecule has 1 aromatic carbocycles. The third kappa shape index (κ3) is 3.21. The maximum absolute atomic E-state index is 11.4. The highest BCUT2D eigenvalue weighted by atomic mass is 16.6. The molecule has 0 aliphatic carbocycles. The number of nitriles is 1. The minimum atomic E-state index is -0.422. The number of nitrogens with zero attached hydrogens (tertiary/aromatic N) is 4. The summed E-state index contributed by atoms with van der Waals surface area (Å²) in [5, 5.41) is 20.8. The Bertz CT molecular complexity index is 631. The van der Waals surface area contributed by atoms with Crippen molar-refractivity contribution in [3.05, 3.63) is 27.8 Å². The number of morpholine rings is 2. The van der Waals surface area contributed by atoms with E-state index in [2.05, 4.69) is 11.0 Å². The van der Waals surface area contributed by atoms with Gasteiger partial charge in [0.15, 0.2) is 0 Å². The predicted octanol–water partition coefficient (Wildman–Crippen LogP) is 1.14. The van der Waals surface area contributed by atoms with E-state index in [1.807, 2.05) is 4.90 Å². The molecule has 0 atom stereocenters. The number of hydrogen-bond donors (Lipinski definition) is 0. The molecule has 2 saturated heterocycles. The molecule has 0 amide bonds. The van der Waals surface area contributed by atoms with Gasteiger partial charge in [0.2, 0.25) is 0 Å². The zero-order valence-electron chi connectivity index (χ0n) is 12.7. The van der Waals surface area contributed by atoms with E-state index in [-0.39, 0.29) is 5.69 Å². The summed E-state index contributed by atoms with van der Waals surface area (Å²) in [4.78, 5) is 15.0. The number of ether oxygens (including phenoxy) is 2. The lowest BCUT2D eigenvalue weighted by molar-refractivity contribution is -0.384. The van der Waals surface area contributed by atoms with Crippen LogP contribution in [-0.4, -0.2) is 57.5 Å². The van der Waals surface area contributed by atoms with Crippen LogP contribution in [0, 0.1) is 21.4 Å². The van der Waals surface area contributed by atoms with Crippen LogP contribution in [0.1, 0.15) is 5.56 Å². The first-order chi connectivity index (χ1) is 11.2. The fourth-order valence-electron chi connectivity index (χ4n) is 2.93. The summed E-state index contributed by atoms with van der Waals surface area (Å²) >= 11 is 0. The molecule has 8 heteroatoms. The van der Waals surface area contributed by atoms with Crippen molar-refractivity contribution in [1.82, 2.24) is 0 Å². The summed E-state index contributed by atoms with van der Waals surface area (Å²) < 4.78 is 10.7. The zero-order chi connectivity index (χ0) is 16.2. The van der Waals surface area contributed by atoms with Gasteiger partial charge in [0.05, 0.1) is 42.6 Å². The van der Waals surface area contributed by atoms with Crippen LogP contribution in [0.5, 0.6) is 0 Å². The van der Waals surface area contributed by atoms with Crippen LogP contribution in [0.4, 0.5) is 17.1 Å². The highest BCUT2D eigenvalue weighted by molar-refractivity contribution is 5.76. The Morgan fingerprint density at radius 3 is 2.00 bits per heavy atom. The molecule has 2 aliphatic rings. The average Bonchev–Trinajstić information content (AvgIpc) is 2.62. The van der Waals surface area contributed by atoms with Gasteiger partial charge in [-0.25, -0.2) is 0 Å². The van der Waals surface area contributed by atoms with E-state index >= 15 is 0 Å². The number of nitro groups is 1. The number of anilines is 2. The molecule has 0 bridgehead atoms. The Morgan fingerprint density at radius 2 is 1.52 bits per heavy atom. The molecule has 23 heavy (non-hydrogen) atoms. The monoisotopic (exact) mass is 318 g/mol. The van der Waals surface area contributed by atoms with Gasteiger partial charge in [0, 0.05) is 32.2 Å². The maximum Gasteiger partial charge on any atom is 0.294 e. The van der Waals surface area contributed by atoms with Crippen molar-refractivity contribution in [3.63, 3.8) is 0 Å². The average molecular weight is 318 g/mol. The van der Waals surface area contributed by atoms with E-state index in [9.17, 15) is 15.4 Å². The Hall–Kier alpha value is -2.37. The summed E-state index contributed by atoms with van der Waals surface area (Å²) in [7, 11) is 0. The van der Waals surface area contributed by atoms with E-state index in [0.29, 0.717) is 63.9 Å². The second kappa shape index (κ2) is 6.81. The largest absolute Gasteiger partial charge is 0.378 e. The van der Waals surface area contributed by atoms with E-state index in [1.165, 1.54) is 6.07 Å². The van der Waals surface area contributed by atoms with Gasteiger partial charge in [-0.15, -0.1) is 0 Å². The molecule has 1 aromatic rings. The second-order valence-corrected chi connectivity index (χ2v) is 5.43. The molecule has 0 radical (unpaired) electrons. The van der Waals surface area contributed by atoms with Gasteiger partial charge in [-0.05, 0) is 6.07 Å². The van der Waals surface area contributed by atoms with Crippen LogP contribution in [0.25, 0.3) is 0 Å². The summed E-state index contributed by atoms with van der Waals surface area (Å²) in [6, 6.07) is 5.24. The highest BCUT2D eigenvalue weighted by Gasteiger charge is 2.26. The molecule has 0 aromatic heterocycles. The van der Waals surface area contributed by atoms with Crippen molar-refractivity contribution in [2.24, 2.45) is 0 Å². The first kappa shape index (κ1) is 15.5. The molecule has 0 spiro atoms. The fourth-order valence-corrected chi connectivity index (χ4v) is 2.93. The predicted molar refractivity (Wildman–Crippen MR) is 83.9 cm³/mol. The fraction of sp³-hybridized carbons (Fsp3) is 0.533. The summed E-state index contributed by atoms with van der Waals surface area (Å²) in [5.41, 5.74) is 1.60. The SMILES string of the molecule is N#Cc1cc([N+](=O)[O-])c(N2CCOCC2)cc1N1CCOCC1. The topological polar surface area (TPSA) is 91.9 Å². The van der Waals surface area contributed by atoms with Crippen molar-refractivity contribution in [3.8, 4) is 6.07 Å². The van der Waals surface area contributed by atoms with Gasteiger partial charge in [0.1, 0.15) is 11.8 Å². The summed E-state index contributed by atoms with van der Waals surface area (Å²) in [6.45, 7) is 4.84. The molecule has 0 unspecified atom stereocenters. The number of benzene rings is 1. The minimum absolute atomic E-state index is 0.0274. The number of nitro benzene ring substituents is 1. The quantitative estimate of drug-likeness (QED) is 0.609. The Morgan fingerprint density at radius 1 is 1.00 bits per heavy atom. The third-order valence-corrected chi connectivity index (χ3v) is 4.11. The third-order valence-electron chi connectivity index (χ3n) is 4.11. The molecule has 0 N–H and O–H groups in total. The van der Waals surface area contributed by atoms with E-state index in [1.54, 1.807) is 6.07 Å². The number of hydrogen-bond acceptors (Lipinski definition) is 7. The molecule has 122 valence electrons. The van der Waals surface area contributed by atoms with Crippen LogP contribution in [0.15, 0.2) is 12.1 Å². The van der Waals surface area contributed by atoms with Crippen molar-refractivity contribution >= 4 is 17.1 Å². The summed E-state index contributed by atoms with van der Waals surface area (Å²) in [6.07, 6.45) is 0. The molecule has 2 fully saturated rings. The van der Waals surface area contributed by atoms with Gasteiger partial charge in [0.25, 0.3) is 5.69 Å². The molecular formula is C15H18N4O4. The van der Waals surface area contributed by atoms with E-state index in [4.69, 9.17) is 9.47 Å². The lowest BCUT2D eigenvalue weighted by Crippen LogP contribution is -2.38. The Kier molecular flexibility index (Phi) is 4.60. The molecule has 2 heterocycles. The van der Waals surface area contributed by atoms with E-state index < -0.39 is 4.92 Å². The maximum atomic E-state index is 11.4. The van der Waals surface area contributed by atoms with Crippen molar-refractivity contribution < 1.29 is 14.4 Å². The molecular weight excluding hydrogens is 300 g/mol. The molecule has 3 rings (SSSR count). The van der Waals surface area contributed by atoms with Crippen molar-refractivity contribution in [1.29, 1.82) is 5.26 Å². The standard InChI is InChI=1S/C15H18N4O4/c16-11-12-9-15(19(20)21)14(18-3-7-23-8-4-18)10-13(12)17-1-5-22-6-2-17/h9-10H,1-8H2. The molecule has 0 saturated carbocycles. The molecule has 8 nitrogen and oxygen atoms in total. The molecule has 2 aliphatic heterocycles. The highest BCUT2D eigenvalue weighted by Crippen LogP contribution is 2.36. The van der Waals surface area contributed by atoms with Crippen LogP contribution in [-0.2, 0) is 9.47 Å². The lowest BCUT2D eigenvalue weighted by atomic mass is 10.1. The van der Waals surface area contributed by atoms with Crippen LogP contribution >= 0.6 is 0 Å². The van der Waals surface area contributed by atoms with E-state index in [0.717, 1.165) is 5.69 Å².